The molecule has 0 radical (unpaired) electrons. The van der Waals surface area contributed by atoms with Gasteiger partial charge in [0.1, 0.15) is 10.9 Å². The molecule has 0 bridgehead atoms. The predicted octanol–water partition coefficient (Wildman–Crippen LogP) is 3.69. The van der Waals surface area contributed by atoms with Crippen LogP contribution in [0.15, 0.2) is 27.7 Å². The maximum atomic E-state index is 10.7. The van der Waals surface area contributed by atoms with Crippen molar-refractivity contribution in [1.82, 2.24) is 9.97 Å². The molecule has 1 heterocycles. The molecule has 1 aromatic carbocycles. The Morgan fingerprint density at radius 3 is 2.79 bits per heavy atom. The summed E-state index contributed by atoms with van der Waals surface area (Å²) in [7, 11) is 0. The quantitative estimate of drug-likeness (QED) is 0.679. The van der Waals surface area contributed by atoms with Crippen molar-refractivity contribution < 1.29 is 9.90 Å². The second-order valence-electron chi connectivity index (χ2n) is 4.39. The number of hydrogen-bond acceptors (Lipinski definition) is 4. The molecule has 0 fully saturated rings. The summed E-state index contributed by atoms with van der Waals surface area (Å²) in [6.07, 6.45) is 0. The lowest BCUT2D eigenvalue weighted by Gasteiger charge is -2.10. The van der Waals surface area contributed by atoms with E-state index in [0.717, 1.165) is 26.2 Å². The third-order valence-electron chi connectivity index (χ3n) is 2.49. The molecule has 1 N–H and O–H groups in total. The van der Waals surface area contributed by atoms with Crippen molar-refractivity contribution in [3.8, 4) is 0 Å². The maximum Gasteiger partial charge on any atom is 0.313 e. The smallest absolute Gasteiger partial charge is 0.313 e. The number of carbonyl (C=O) groups is 1. The van der Waals surface area contributed by atoms with E-state index in [-0.39, 0.29) is 11.7 Å². The van der Waals surface area contributed by atoms with Gasteiger partial charge in [0.15, 0.2) is 0 Å². The minimum absolute atomic E-state index is 0.00381. The fourth-order valence-electron chi connectivity index (χ4n) is 1.59. The van der Waals surface area contributed by atoms with Crippen molar-refractivity contribution in [2.24, 2.45) is 0 Å². The van der Waals surface area contributed by atoms with E-state index >= 15 is 0 Å². The zero-order chi connectivity index (χ0) is 14.0. The third kappa shape index (κ3) is 3.45. The number of aliphatic carboxylic acids is 1. The van der Waals surface area contributed by atoms with Crippen LogP contribution < -0.4 is 0 Å². The molecule has 0 atom stereocenters. The summed E-state index contributed by atoms with van der Waals surface area (Å²) >= 11 is 4.64. The van der Waals surface area contributed by atoms with Gasteiger partial charge in [-0.25, -0.2) is 9.97 Å². The third-order valence-corrected chi connectivity index (χ3v) is 3.96. The fourth-order valence-corrected chi connectivity index (χ4v) is 2.69. The maximum absolute atomic E-state index is 10.7. The van der Waals surface area contributed by atoms with Crippen LogP contribution in [0.1, 0.15) is 25.6 Å². The molecule has 19 heavy (non-hydrogen) atoms. The van der Waals surface area contributed by atoms with Gasteiger partial charge in [-0.3, -0.25) is 4.79 Å². The van der Waals surface area contributed by atoms with Crippen LogP contribution in [-0.4, -0.2) is 26.8 Å². The van der Waals surface area contributed by atoms with E-state index in [9.17, 15) is 4.79 Å². The van der Waals surface area contributed by atoms with Crippen LogP contribution in [0.3, 0.4) is 0 Å². The molecule has 2 aromatic rings. The largest absolute Gasteiger partial charge is 0.481 e. The van der Waals surface area contributed by atoms with Gasteiger partial charge < -0.3 is 5.11 Å². The first-order valence-corrected chi connectivity index (χ1v) is 7.57. The Labute approximate surface area is 123 Å². The number of hydrogen-bond donors (Lipinski definition) is 1. The van der Waals surface area contributed by atoms with E-state index in [1.54, 1.807) is 0 Å². The second kappa shape index (κ2) is 5.88. The number of thioether (sulfide) groups is 1. The van der Waals surface area contributed by atoms with E-state index in [2.05, 4.69) is 25.9 Å². The van der Waals surface area contributed by atoms with E-state index in [1.807, 2.05) is 32.0 Å². The summed E-state index contributed by atoms with van der Waals surface area (Å²) in [4.78, 5) is 19.7. The molecule has 4 nitrogen and oxygen atoms in total. The molecule has 0 aliphatic heterocycles. The summed E-state index contributed by atoms with van der Waals surface area (Å²) in [5.74, 6) is 0.0914. The minimum Gasteiger partial charge on any atom is -0.481 e. The lowest BCUT2D eigenvalue weighted by Crippen LogP contribution is -2.03. The van der Waals surface area contributed by atoms with Crippen molar-refractivity contribution in [1.29, 1.82) is 0 Å². The van der Waals surface area contributed by atoms with Crippen molar-refractivity contribution in [3.05, 3.63) is 28.5 Å². The average molecular weight is 341 g/mol. The van der Waals surface area contributed by atoms with Crippen LogP contribution in [0.2, 0.25) is 0 Å². The standard InChI is InChI=1S/C13H13BrN2O2S/c1-7(2)12-15-10-4-3-8(14)5-9(10)13(16-12)19-6-11(17)18/h3-5,7H,6H2,1-2H3,(H,17,18). The summed E-state index contributed by atoms with van der Waals surface area (Å²) in [5, 5.41) is 10.4. The zero-order valence-electron chi connectivity index (χ0n) is 10.6. The Bertz CT molecular complexity index is 631. The van der Waals surface area contributed by atoms with Crippen LogP contribution in [0.25, 0.3) is 10.9 Å². The highest BCUT2D eigenvalue weighted by Gasteiger charge is 2.12. The first kappa shape index (κ1) is 14.3. The fraction of sp³-hybridized carbons (Fsp3) is 0.308. The Morgan fingerprint density at radius 2 is 2.16 bits per heavy atom. The highest BCUT2D eigenvalue weighted by atomic mass is 79.9. The number of carboxylic acid groups (broad SMARTS) is 1. The average Bonchev–Trinajstić information content (AvgIpc) is 2.35. The monoisotopic (exact) mass is 340 g/mol. The molecule has 1 aromatic heterocycles. The minimum atomic E-state index is -0.849. The molecule has 2 rings (SSSR count). The van der Waals surface area contributed by atoms with Gasteiger partial charge in [-0.2, -0.15) is 0 Å². The molecule has 0 amide bonds. The van der Waals surface area contributed by atoms with Gasteiger partial charge in [0, 0.05) is 15.8 Å². The lowest BCUT2D eigenvalue weighted by molar-refractivity contribution is -0.133. The van der Waals surface area contributed by atoms with Crippen LogP contribution in [-0.2, 0) is 4.79 Å². The highest BCUT2D eigenvalue weighted by molar-refractivity contribution is 9.10. The molecule has 6 heteroatoms. The first-order chi connectivity index (χ1) is 8.97. The second-order valence-corrected chi connectivity index (χ2v) is 6.27. The van der Waals surface area contributed by atoms with E-state index in [1.165, 1.54) is 11.8 Å². The van der Waals surface area contributed by atoms with E-state index < -0.39 is 5.97 Å². The van der Waals surface area contributed by atoms with Gasteiger partial charge in [0.05, 0.1) is 11.3 Å². The van der Waals surface area contributed by atoms with Crippen LogP contribution in [0.4, 0.5) is 0 Å². The zero-order valence-corrected chi connectivity index (χ0v) is 13.0. The number of carboxylic acids is 1. The molecule has 0 aliphatic carbocycles. The molecule has 0 saturated heterocycles. The van der Waals surface area contributed by atoms with Crippen LogP contribution in [0, 0.1) is 0 Å². The summed E-state index contributed by atoms with van der Waals surface area (Å²) in [6.45, 7) is 4.04. The summed E-state index contributed by atoms with van der Waals surface area (Å²) in [5.41, 5.74) is 0.842. The van der Waals surface area contributed by atoms with Gasteiger partial charge in [-0.15, -0.1) is 0 Å². The molecule has 0 spiro atoms. The van der Waals surface area contributed by atoms with Crippen LogP contribution in [0.5, 0.6) is 0 Å². The molecule has 0 unspecified atom stereocenters. The molecular formula is C13H13BrN2O2S. The number of rotatable bonds is 4. The Kier molecular flexibility index (Phi) is 4.42. The molecule has 0 aliphatic rings. The number of nitrogens with zero attached hydrogens (tertiary/aromatic N) is 2. The number of fused-ring (bicyclic) bond motifs is 1. The van der Waals surface area contributed by atoms with Crippen molar-refractivity contribution in [2.75, 3.05) is 5.75 Å². The van der Waals surface area contributed by atoms with Gasteiger partial charge in [0.2, 0.25) is 0 Å². The normalized spacial score (nSPS) is 11.2. The number of halogens is 1. The van der Waals surface area contributed by atoms with Crippen molar-refractivity contribution >= 4 is 44.6 Å². The topological polar surface area (TPSA) is 63.1 Å². The van der Waals surface area contributed by atoms with Crippen molar-refractivity contribution in [2.45, 2.75) is 24.8 Å². The molecular weight excluding hydrogens is 328 g/mol. The van der Waals surface area contributed by atoms with Gasteiger partial charge in [-0.05, 0) is 18.2 Å². The van der Waals surface area contributed by atoms with Gasteiger partial charge >= 0.3 is 5.97 Å². The summed E-state index contributed by atoms with van der Waals surface area (Å²) < 4.78 is 0.929. The Morgan fingerprint density at radius 1 is 1.42 bits per heavy atom. The number of aromatic nitrogens is 2. The lowest BCUT2D eigenvalue weighted by atomic mass is 10.2. The van der Waals surface area contributed by atoms with E-state index in [0.29, 0.717) is 0 Å². The van der Waals surface area contributed by atoms with Crippen LogP contribution >= 0.6 is 27.7 Å². The SMILES string of the molecule is CC(C)c1nc(SCC(=O)O)c2cc(Br)ccc2n1. The molecule has 0 saturated carbocycles. The first-order valence-electron chi connectivity index (χ1n) is 5.79. The highest BCUT2D eigenvalue weighted by Crippen LogP contribution is 2.29. The van der Waals surface area contributed by atoms with Gasteiger partial charge in [0.25, 0.3) is 0 Å². The Balaban J connectivity index is 2.55. The predicted molar refractivity (Wildman–Crippen MR) is 79.7 cm³/mol. The number of benzene rings is 1. The summed E-state index contributed by atoms with van der Waals surface area (Å²) in [6, 6.07) is 5.76. The molecule has 100 valence electrons. The van der Waals surface area contributed by atoms with Crippen molar-refractivity contribution in [3.63, 3.8) is 0 Å². The van der Waals surface area contributed by atoms with E-state index in [4.69, 9.17) is 5.11 Å². The van der Waals surface area contributed by atoms with Gasteiger partial charge in [-0.1, -0.05) is 41.5 Å². The Hall–Kier alpha value is -1.14.